The number of carbonyl (C=O) groups is 1. The van der Waals surface area contributed by atoms with Crippen LogP contribution in [0.3, 0.4) is 0 Å². The van der Waals surface area contributed by atoms with E-state index in [1.54, 1.807) is 0 Å². The smallest absolute Gasteiger partial charge is 0.305 e. The van der Waals surface area contributed by atoms with Gasteiger partial charge in [-0.25, -0.2) is 13.1 Å². The number of hydrogen-bond donors (Lipinski definition) is 2. The molecule has 18 heavy (non-hydrogen) atoms. The maximum Gasteiger partial charge on any atom is 0.305 e. The number of carbonyl (C=O) groups excluding carboxylic acids is 1. The normalized spacial score (nSPS) is 18.8. The highest BCUT2D eigenvalue weighted by molar-refractivity contribution is 7.89. The zero-order valence-corrected chi connectivity index (χ0v) is 11.5. The molecule has 0 aromatic rings. The van der Waals surface area contributed by atoms with Crippen LogP contribution in [0.2, 0.25) is 0 Å². The summed E-state index contributed by atoms with van der Waals surface area (Å²) >= 11 is 0. The molecule has 106 valence electrons. The number of aliphatic hydroxyl groups is 1. The molecule has 1 aliphatic carbocycles. The van der Waals surface area contributed by atoms with E-state index >= 15 is 0 Å². The molecule has 1 rings (SSSR count). The molecule has 0 aromatic carbocycles. The van der Waals surface area contributed by atoms with E-state index in [4.69, 9.17) is 0 Å². The van der Waals surface area contributed by atoms with Gasteiger partial charge in [-0.1, -0.05) is 12.8 Å². The topological polar surface area (TPSA) is 92.7 Å². The highest BCUT2D eigenvalue weighted by Crippen LogP contribution is 2.28. The summed E-state index contributed by atoms with van der Waals surface area (Å²) in [7, 11) is -2.16. The minimum absolute atomic E-state index is 0.0631. The molecule has 0 aliphatic heterocycles. The Morgan fingerprint density at radius 2 is 2.00 bits per heavy atom. The Bertz CT molecular complexity index is 373. The summed E-state index contributed by atoms with van der Waals surface area (Å²) in [6.07, 6.45) is 3.44. The van der Waals surface area contributed by atoms with Gasteiger partial charge in [0.1, 0.15) is 0 Å². The summed E-state index contributed by atoms with van der Waals surface area (Å²) in [5, 5.41) is 10.0. The quantitative estimate of drug-likeness (QED) is 0.648. The first-order valence-electron chi connectivity index (χ1n) is 6.13. The molecule has 0 atom stereocenters. The molecule has 0 saturated heterocycles. The van der Waals surface area contributed by atoms with Crippen LogP contribution in [0.4, 0.5) is 0 Å². The molecule has 0 amide bonds. The van der Waals surface area contributed by atoms with Gasteiger partial charge in [-0.2, -0.15) is 0 Å². The zero-order chi connectivity index (χ0) is 13.6. The number of esters is 1. The van der Waals surface area contributed by atoms with Crippen molar-refractivity contribution in [2.24, 2.45) is 0 Å². The number of nitrogens with one attached hydrogen (secondary N) is 1. The monoisotopic (exact) mass is 279 g/mol. The van der Waals surface area contributed by atoms with Gasteiger partial charge in [0, 0.05) is 13.0 Å². The lowest BCUT2D eigenvalue weighted by atomic mass is 10.0. The lowest BCUT2D eigenvalue weighted by Gasteiger charge is -2.22. The molecular formula is C11H21NO5S. The van der Waals surface area contributed by atoms with Gasteiger partial charge in [-0.15, -0.1) is 0 Å². The van der Waals surface area contributed by atoms with Crippen molar-refractivity contribution in [3.05, 3.63) is 0 Å². The van der Waals surface area contributed by atoms with Crippen LogP contribution in [0, 0.1) is 0 Å². The predicted octanol–water partition coefficient (Wildman–Crippen LogP) is 0.164. The van der Waals surface area contributed by atoms with Crippen molar-refractivity contribution in [2.75, 3.05) is 19.4 Å². The van der Waals surface area contributed by atoms with Crippen molar-refractivity contribution in [3.63, 3.8) is 0 Å². The van der Waals surface area contributed by atoms with Gasteiger partial charge >= 0.3 is 5.97 Å². The lowest BCUT2D eigenvalue weighted by Crippen LogP contribution is -2.41. The van der Waals surface area contributed by atoms with E-state index in [1.807, 2.05) is 0 Å². The third kappa shape index (κ3) is 5.32. The van der Waals surface area contributed by atoms with Crippen molar-refractivity contribution < 1.29 is 23.1 Å². The van der Waals surface area contributed by atoms with Crippen LogP contribution in [0.5, 0.6) is 0 Å². The Morgan fingerprint density at radius 3 is 2.56 bits per heavy atom. The Hall–Kier alpha value is -0.660. The third-order valence-electron chi connectivity index (χ3n) is 3.18. The number of rotatable bonds is 7. The van der Waals surface area contributed by atoms with Crippen molar-refractivity contribution in [1.82, 2.24) is 4.72 Å². The summed E-state index contributed by atoms with van der Waals surface area (Å²) in [6.45, 7) is 0.0631. The summed E-state index contributed by atoms with van der Waals surface area (Å²) in [5.41, 5.74) is -0.893. The molecule has 2 N–H and O–H groups in total. The zero-order valence-electron chi connectivity index (χ0n) is 10.6. The SMILES string of the molecule is COC(=O)CCCS(=O)(=O)NCC1(O)CCCC1. The van der Waals surface area contributed by atoms with Crippen molar-refractivity contribution >= 4 is 16.0 Å². The minimum atomic E-state index is -3.43. The van der Waals surface area contributed by atoms with Crippen LogP contribution >= 0.6 is 0 Å². The molecule has 0 spiro atoms. The molecule has 0 aromatic heterocycles. The van der Waals surface area contributed by atoms with Crippen LogP contribution in [0.1, 0.15) is 38.5 Å². The largest absolute Gasteiger partial charge is 0.469 e. The van der Waals surface area contributed by atoms with E-state index in [0.29, 0.717) is 12.8 Å². The molecule has 0 heterocycles. The summed E-state index contributed by atoms with van der Waals surface area (Å²) in [5.74, 6) is -0.544. The van der Waals surface area contributed by atoms with Gasteiger partial charge in [0.15, 0.2) is 0 Å². The van der Waals surface area contributed by atoms with Gasteiger partial charge in [-0.05, 0) is 19.3 Å². The second kappa shape index (κ2) is 6.49. The van der Waals surface area contributed by atoms with Gasteiger partial charge in [0.05, 0.1) is 18.5 Å². The molecule has 0 unspecified atom stereocenters. The second-order valence-electron chi connectivity index (χ2n) is 4.75. The number of sulfonamides is 1. The first-order chi connectivity index (χ1) is 8.37. The Labute approximate surface area is 108 Å². The van der Waals surface area contributed by atoms with E-state index in [-0.39, 0.29) is 25.1 Å². The van der Waals surface area contributed by atoms with E-state index in [9.17, 15) is 18.3 Å². The van der Waals surface area contributed by atoms with Gasteiger partial charge in [0.25, 0.3) is 0 Å². The van der Waals surface area contributed by atoms with E-state index in [0.717, 1.165) is 12.8 Å². The predicted molar refractivity (Wildman–Crippen MR) is 66.5 cm³/mol. The third-order valence-corrected chi connectivity index (χ3v) is 4.59. The van der Waals surface area contributed by atoms with E-state index in [2.05, 4.69) is 9.46 Å². The molecule has 0 bridgehead atoms. The van der Waals surface area contributed by atoms with E-state index < -0.39 is 21.6 Å². The first kappa shape index (κ1) is 15.4. The summed E-state index contributed by atoms with van der Waals surface area (Å²) < 4.78 is 30.1. The van der Waals surface area contributed by atoms with Crippen molar-refractivity contribution in [3.8, 4) is 0 Å². The van der Waals surface area contributed by atoms with E-state index in [1.165, 1.54) is 7.11 Å². The maximum absolute atomic E-state index is 11.6. The molecule has 7 heteroatoms. The Balaban J connectivity index is 2.29. The molecule has 1 fully saturated rings. The Kier molecular flexibility index (Phi) is 5.55. The van der Waals surface area contributed by atoms with Crippen LogP contribution in [0.25, 0.3) is 0 Å². The number of methoxy groups -OCH3 is 1. The summed E-state index contributed by atoms with van der Waals surface area (Å²) in [4.78, 5) is 10.8. The van der Waals surface area contributed by atoms with Gasteiger partial charge < -0.3 is 9.84 Å². The maximum atomic E-state index is 11.6. The molecule has 1 aliphatic rings. The number of hydrogen-bond acceptors (Lipinski definition) is 5. The highest BCUT2D eigenvalue weighted by atomic mass is 32.2. The molecule has 6 nitrogen and oxygen atoms in total. The Morgan fingerprint density at radius 1 is 1.39 bits per heavy atom. The van der Waals surface area contributed by atoms with Gasteiger partial charge in [0.2, 0.25) is 10.0 Å². The highest BCUT2D eigenvalue weighted by Gasteiger charge is 2.32. The van der Waals surface area contributed by atoms with Crippen LogP contribution in [-0.2, 0) is 19.6 Å². The number of ether oxygens (including phenoxy) is 1. The molecule has 0 radical (unpaired) electrons. The minimum Gasteiger partial charge on any atom is -0.469 e. The van der Waals surface area contributed by atoms with Gasteiger partial charge in [-0.3, -0.25) is 4.79 Å². The molecule has 1 saturated carbocycles. The fraction of sp³-hybridized carbons (Fsp3) is 0.909. The fourth-order valence-corrected chi connectivity index (χ4v) is 3.19. The van der Waals surface area contributed by atoms with Crippen LogP contribution < -0.4 is 4.72 Å². The summed E-state index contributed by atoms with van der Waals surface area (Å²) in [6, 6.07) is 0. The average molecular weight is 279 g/mol. The first-order valence-corrected chi connectivity index (χ1v) is 7.79. The standard InChI is InChI=1S/C11H21NO5S/c1-17-10(13)5-4-8-18(15,16)12-9-11(14)6-2-3-7-11/h12,14H,2-9H2,1H3. The van der Waals surface area contributed by atoms with Crippen LogP contribution in [-0.4, -0.2) is 44.5 Å². The van der Waals surface area contributed by atoms with Crippen molar-refractivity contribution in [2.45, 2.75) is 44.1 Å². The van der Waals surface area contributed by atoms with Crippen LogP contribution in [0.15, 0.2) is 0 Å². The second-order valence-corrected chi connectivity index (χ2v) is 6.68. The fourth-order valence-electron chi connectivity index (χ4n) is 2.03. The van der Waals surface area contributed by atoms with Crippen molar-refractivity contribution in [1.29, 1.82) is 0 Å². The lowest BCUT2D eigenvalue weighted by molar-refractivity contribution is -0.140. The molecular weight excluding hydrogens is 258 g/mol. The average Bonchev–Trinajstić information content (AvgIpc) is 2.74.